The number of carbonyl (C=O) groups excluding carboxylic acids is 1. The number of ether oxygens (including phenoxy) is 1. The van der Waals surface area contributed by atoms with Gasteiger partial charge in [-0.15, -0.1) is 0 Å². The van der Waals surface area contributed by atoms with E-state index < -0.39 is 26.7 Å². The van der Waals surface area contributed by atoms with Gasteiger partial charge in [0.1, 0.15) is 17.3 Å². The number of nitrogens with zero attached hydrogens (tertiary/aromatic N) is 3. The molecule has 3 aromatic carbocycles. The summed E-state index contributed by atoms with van der Waals surface area (Å²) in [7, 11) is -4.13. The van der Waals surface area contributed by atoms with E-state index in [9.17, 15) is 17.6 Å². The first-order valence-electron chi connectivity index (χ1n) is 12.0. The van der Waals surface area contributed by atoms with Crippen molar-refractivity contribution in [3.8, 4) is 28.8 Å². The number of sulfone groups is 1. The molecule has 0 aliphatic carbocycles. The Morgan fingerprint density at radius 2 is 1.67 bits per heavy atom. The molecule has 1 N–H and O–H groups in total. The maximum atomic E-state index is 13.0. The van der Waals surface area contributed by atoms with Crippen molar-refractivity contribution in [1.29, 1.82) is 5.26 Å². The molecule has 8 nitrogen and oxygen atoms in total. The van der Waals surface area contributed by atoms with Crippen molar-refractivity contribution in [3.63, 3.8) is 0 Å². The third-order valence-electron chi connectivity index (χ3n) is 5.87. The average Bonchev–Trinajstić information content (AvgIpc) is 2.91. The van der Waals surface area contributed by atoms with Gasteiger partial charge in [-0.1, -0.05) is 24.3 Å². The van der Waals surface area contributed by atoms with Crippen LogP contribution in [0.5, 0.6) is 11.6 Å². The van der Waals surface area contributed by atoms with E-state index in [0.717, 1.165) is 27.8 Å². The lowest BCUT2D eigenvalue weighted by atomic mass is 9.99. The Balaban J connectivity index is 1.43. The molecular weight excluding hydrogens is 519 g/mol. The molecule has 0 unspecified atom stereocenters. The smallest absolute Gasteiger partial charge is 0.250 e. The van der Waals surface area contributed by atoms with Gasteiger partial charge in [0.2, 0.25) is 21.6 Å². The molecule has 0 radical (unpaired) electrons. The second-order valence-corrected chi connectivity index (χ2v) is 10.8. The van der Waals surface area contributed by atoms with Gasteiger partial charge in [-0.3, -0.25) is 4.79 Å². The SMILES string of the molecule is Cc1cc(-c2ccc(C#N)cc2)cc(C)c1Oc1ccnc(S(=O)(=O)CC(=O)NCCc2ccc(F)cc2)n1. The van der Waals surface area contributed by atoms with E-state index in [-0.39, 0.29) is 18.2 Å². The second-order valence-electron chi connectivity index (χ2n) is 8.89. The fraction of sp³-hybridized carbons (Fsp3) is 0.172. The first kappa shape index (κ1) is 27.4. The summed E-state index contributed by atoms with van der Waals surface area (Å²) in [6.45, 7) is 3.93. The monoisotopic (exact) mass is 544 g/mol. The molecule has 0 aliphatic heterocycles. The first-order valence-corrected chi connectivity index (χ1v) is 13.7. The molecule has 0 saturated heterocycles. The van der Waals surface area contributed by atoms with Crippen molar-refractivity contribution < 1.29 is 22.3 Å². The summed E-state index contributed by atoms with van der Waals surface area (Å²) < 4.78 is 44.5. The highest BCUT2D eigenvalue weighted by molar-refractivity contribution is 7.91. The Hall–Kier alpha value is -4.62. The third-order valence-corrected chi connectivity index (χ3v) is 7.27. The topological polar surface area (TPSA) is 122 Å². The molecule has 0 spiro atoms. The van der Waals surface area contributed by atoms with Gasteiger partial charge in [-0.05, 0) is 84.5 Å². The molecule has 1 heterocycles. The quantitative estimate of drug-likeness (QED) is 0.303. The highest BCUT2D eigenvalue weighted by Crippen LogP contribution is 2.33. The van der Waals surface area contributed by atoms with Crippen molar-refractivity contribution in [2.45, 2.75) is 25.4 Å². The van der Waals surface area contributed by atoms with Crippen molar-refractivity contribution in [1.82, 2.24) is 15.3 Å². The predicted molar refractivity (Wildman–Crippen MR) is 143 cm³/mol. The van der Waals surface area contributed by atoms with E-state index in [2.05, 4.69) is 21.4 Å². The lowest BCUT2D eigenvalue weighted by Crippen LogP contribution is -2.32. The molecule has 4 rings (SSSR count). The van der Waals surface area contributed by atoms with Crippen molar-refractivity contribution >= 4 is 15.7 Å². The minimum Gasteiger partial charge on any atom is -0.438 e. The van der Waals surface area contributed by atoms with Gasteiger partial charge in [0.15, 0.2) is 0 Å². The zero-order valence-corrected chi connectivity index (χ0v) is 22.1. The molecule has 198 valence electrons. The number of nitriles is 1. The average molecular weight is 545 g/mol. The lowest BCUT2D eigenvalue weighted by Gasteiger charge is -2.14. The fourth-order valence-electron chi connectivity index (χ4n) is 3.94. The highest BCUT2D eigenvalue weighted by Gasteiger charge is 2.23. The number of aryl methyl sites for hydroxylation is 2. The number of halogens is 1. The minimum atomic E-state index is -4.13. The maximum Gasteiger partial charge on any atom is 0.250 e. The Bertz CT molecular complexity index is 1630. The molecule has 0 fully saturated rings. The van der Waals surface area contributed by atoms with Crippen molar-refractivity contribution in [2.24, 2.45) is 0 Å². The molecule has 39 heavy (non-hydrogen) atoms. The maximum absolute atomic E-state index is 13.0. The van der Waals surface area contributed by atoms with Gasteiger partial charge in [0.05, 0.1) is 11.6 Å². The largest absolute Gasteiger partial charge is 0.438 e. The summed E-state index contributed by atoms with van der Waals surface area (Å²) in [5.41, 5.74) is 4.87. The Morgan fingerprint density at radius 1 is 1.00 bits per heavy atom. The summed E-state index contributed by atoms with van der Waals surface area (Å²) >= 11 is 0. The zero-order valence-electron chi connectivity index (χ0n) is 21.3. The number of benzene rings is 3. The summed E-state index contributed by atoms with van der Waals surface area (Å²) in [6, 6.07) is 20.5. The number of rotatable bonds is 9. The van der Waals surface area contributed by atoms with Gasteiger partial charge < -0.3 is 10.1 Å². The Kier molecular flexibility index (Phi) is 8.32. The molecule has 0 bridgehead atoms. The third kappa shape index (κ3) is 7.03. The first-order chi connectivity index (χ1) is 18.6. The van der Waals surface area contributed by atoms with Crippen LogP contribution in [-0.2, 0) is 21.1 Å². The molecule has 0 aliphatic rings. The van der Waals surface area contributed by atoms with Crippen LogP contribution in [0.3, 0.4) is 0 Å². The Morgan fingerprint density at radius 3 is 2.31 bits per heavy atom. The van der Waals surface area contributed by atoms with E-state index in [1.165, 1.54) is 24.4 Å². The van der Waals surface area contributed by atoms with Crippen molar-refractivity contribution in [2.75, 3.05) is 12.3 Å². The van der Waals surface area contributed by atoms with Crippen LogP contribution in [0.1, 0.15) is 22.3 Å². The normalized spacial score (nSPS) is 11.0. The number of hydrogen-bond donors (Lipinski definition) is 1. The van der Waals surface area contributed by atoms with Gasteiger partial charge in [0.25, 0.3) is 5.16 Å². The van der Waals surface area contributed by atoms with Crippen LogP contribution in [0, 0.1) is 31.0 Å². The fourth-order valence-corrected chi connectivity index (χ4v) is 4.96. The number of nitrogens with one attached hydrogen (secondary N) is 1. The summed E-state index contributed by atoms with van der Waals surface area (Å²) in [6.07, 6.45) is 1.69. The molecular formula is C29H25FN4O4S. The van der Waals surface area contributed by atoms with Crippen LogP contribution in [0.25, 0.3) is 11.1 Å². The summed E-state index contributed by atoms with van der Waals surface area (Å²) in [5, 5.41) is 11.0. The molecule has 0 saturated carbocycles. The zero-order chi connectivity index (χ0) is 28.0. The molecule has 1 amide bonds. The van der Waals surface area contributed by atoms with Crippen LogP contribution < -0.4 is 10.1 Å². The van der Waals surface area contributed by atoms with E-state index in [0.29, 0.717) is 17.7 Å². The molecule has 1 aromatic heterocycles. The number of amides is 1. The van der Waals surface area contributed by atoms with Gasteiger partial charge in [0, 0.05) is 18.8 Å². The highest BCUT2D eigenvalue weighted by atomic mass is 32.2. The van der Waals surface area contributed by atoms with Crippen LogP contribution >= 0.6 is 0 Å². The van der Waals surface area contributed by atoms with E-state index in [4.69, 9.17) is 10.00 Å². The van der Waals surface area contributed by atoms with Crippen LogP contribution in [0.4, 0.5) is 4.39 Å². The van der Waals surface area contributed by atoms with Gasteiger partial charge in [-0.25, -0.2) is 17.8 Å². The molecule has 0 atom stereocenters. The number of hydrogen-bond acceptors (Lipinski definition) is 7. The Labute approximate surface area is 226 Å². The summed E-state index contributed by atoms with van der Waals surface area (Å²) in [5.74, 6) is -1.33. The lowest BCUT2D eigenvalue weighted by molar-refractivity contribution is -0.118. The number of aromatic nitrogens is 2. The minimum absolute atomic E-state index is 0.0256. The molecule has 4 aromatic rings. The van der Waals surface area contributed by atoms with E-state index in [1.54, 1.807) is 24.3 Å². The summed E-state index contributed by atoms with van der Waals surface area (Å²) in [4.78, 5) is 20.2. The molecule has 10 heteroatoms. The van der Waals surface area contributed by atoms with Gasteiger partial charge in [-0.2, -0.15) is 10.2 Å². The van der Waals surface area contributed by atoms with Gasteiger partial charge >= 0.3 is 0 Å². The predicted octanol–water partition coefficient (Wildman–Crippen LogP) is 4.70. The number of carbonyl (C=O) groups is 1. The van der Waals surface area contributed by atoms with Crippen LogP contribution in [-0.4, -0.2) is 36.6 Å². The van der Waals surface area contributed by atoms with E-state index in [1.807, 2.05) is 38.1 Å². The van der Waals surface area contributed by atoms with Crippen LogP contribution in [0.15, 0.2) is 78.1 Å². The van der Waals surface area contributed by atoms with Crippen LogP contribution in [0.2, 0.25) is 0 Å². The van der Waals surface area contributed by atoms with E-state index >= 15 is 0 Å². The van der Waals surface area contributed by atoms with Crippen molar-refractivity contribution in [3.05, 3.63) is 101 Å². The second kappa shape index (κ2) is 11.8. The standard InChI is InChI=1S/C29H25FN4O4S/c1-19-15-24(23-7-3-22(17-31)4-8-23)16-20(2)28(19)38-27-12-14-33-29(34-27)39(36,37)18-26(35)32-13-11-21-5-9-25(30)10-6-21/h3-10,12,14-16H,11,13,18H2,1-2H3,(H,32,35).